The molecule has 3 unspecified atom stereocenters. The molecule has 3 atom stereocenters. The molecule has 0 bridgehead atoms. The lowest BCUT2D eigenvalue weighted by atomic mass is 10.0. The minimum absolute atomic E-state index is 0.0420. The fourth-order valence-electron chi connectivity index (χ4n) is 5.46. The highest BCUT2D eigenvalue weighted by Gasteiger charge is 2.23. The smallest absolute Gasteiger partial charge is 0.306 e. The molecule has 6 nitrogen and oxygen atoms in total. The van der Waals surface area contributed by atoms with Crippen molar-refractivity contribution >= 4 is 11.9 Å². The molecule has 0 radical (unpaired) electrons. The number of unbranched alkanes of at least 4 members (excludes halogenated alkanes) is 12. The number of rotatable bonds is 34. The minimum atomic E-state index is -0.828. The normalized spacial score (nSPS) is 14.6. The summed E-state index contributed by atoms with van der Waals surface area (Å²) < 4.78 is 5.77. The number of hydrogen-bond donors (Lipinski definition) is 3. The molecule has 1 amide bonds. The van der Waals surface area contributed by atoms with Crippen LogP contribution in [0.1, 0.15) is 149 Å². The topological polar surface area (TPSA) is 95.9 Å². The molecule has 3 N–H and O–H groups in total. The van der Waals surface area contributed by atoms with Crippen molar-refractivity contribution in [2.75, 3.05) is 6.61 Å². The molecule has 6 heteroatoms. The summed E-state index contributed by atoms with van der Waals surface area (Å²) in [6.45, 7) is 6.09. The molecule has 0 rings (SSSR count). The van der Waals surface area contributed by atoms with Crippen LogP contribution < -0.4 is 5.32 Å². The Balaban J connectivity index is 4.88. The minimum Gasteiger partial charge on any atom is -0.461 e. The van der Waals surface area contributed by atoms with E-state index in [0.717, 1.165) is 57.8 Å². The van der Waals surface area contributed by atoms with Crippen LogP contribution in [-0.2, 0) is 14.3 Å². The molecule has 0 spiro atoms. The molecule has 0 aliphatic heterocycles. The van der Waals surface area contributed by atoms with E-state index >= 15 is 0 Å². The summed E-state index contributed by atoms with van der Waals surface area (Å²) in [5.41, 5.74) is 0. The predicted molar refractivity (Wildman–Crippen MR) is 227 cm³/mol. The lowest BCUT2D eigenvalue weighted by Gasteiger charge is -2.24. The van der Waals surface area contributed by atoms with E-state index in [-0.39, 0.29) is 24.9 Å². The highest BCUT2D eigenvalue weighted by Crippen LogP contribution is 2.14. The van der Waals surface area contributed by atoms with Gasteiger partial charge in [-0.2, -0.15) is 0 Å². The van der Waals surface area contributed by atoms with Crippen LogP contribution in [0.25, 0.3) is 0 Å². The molecule has 0 saturated heterocycles. The first kappa shape index (κ1) is 49.5. The molecule has 0 fully saturated rings. The van der Waals surface area contributed by atoms with Gasteiger partial charge in [-0.05, 0) is 38.5 Å². The van der Waals surface area contributed by atoms with Gasteiger partial charge in [0.25, 0.3) is 0 Å². The number of hydrogen-bond acceptors (Lipinski definition) is 5. The zero-order chi connectivity index (χ0) is 38.9. The quantitative estimate of drug-likeness (QED) is 0.0348. The van der Waals surface area contributed by atoms with Crippen LogP contribution in [-0.4, -0.2) is 46.9 Å². The van der Waals surface area contributed by atoms with Crippen LogP contribution in [0, 0.1) is 0 Å². The van der Waals surface area contributed by atoms with Crippen molar-refractivity contribution in [1.29, 1.82) is 0 Å². The number of allylic oxidation sites excluding steroid dienone is 17. The van der Waals surface area contributed by atoms with Crippen molar-refractivity contribution < 1.29 is 24.5 Å². The molecule has 298 valence electrons. The zero-order valence-electron chi connectivity index (χ0n) is 33.6. The predicted octanol–water partition coefficient (Wildman–Crippen LogP) is 11.6. The maximum atomic E-state index is 13.0. The third-order valence-corrected chi connectivity index (χ3v) is 8.57. The van der Waals surface area contributed by atoms with Gasteiger partial charge in [-0.3, -0.25) is 9.59 Å². The van der Waals surface area contributed by atoms with Gasteiger partial charge in [-0.1, -0.05) is 201 Å². The van der Waals surface area contributed by atoms with Gasteiger partial charge in [0, 0.05) is 12.8 Å². The van der Waals surface area contributed by atoms with Crippen LogP contribution in [0.3, 0.4) is 0 Å². The van der Waals surface area contributed by atoms with Gasteiger partial charge in [0.2, 0.25) is 5.91 Å². The standard InChI is InChI=1S/C47H75NO5/c1-4-7-10-13-16-19-22-23-25-28-31-34-37-40-47(52)53-43(38-35-32-29-26-24-20-17-14-11-8-5-2)41-46(51)48-44(42-49)45(50)39-36-33-30-27-21-18-15-12-9-6-3/h7-8,10-11,13-14,16-17,19-20,22-26,29,32,35,43-45,49-50H,4-6,9,12,15,18,21,27-28,30-31,33-34,36-42H2,1-3H3,(H,48,51)/b10-7+,11-8+,16-13+,17-14+,22-19-,24-20-,25-23-,29-26-,35-32+. The second-order valence-corrected chi connectivity index (χ2v) is 13.5. The molecule has 0 saturated carbocycles. The van der Waals surface area contributed by atoms with E-state index in [9.17, 15) is 19.8 Å². The Morgan fingerprint density at radius 1 is 0.585 bits per heavy atom. The van der Waals surface area contributed by atoms with Crippen molar-refractivity contribution in [1.82, 2.24) is 5.32 Å². The van der Waals surface area contributed by atoms with E-state index in [0.29, 0.717) is 19.3 Å². The molecule has 0 aromatic rings. The first-order valence-electron chi connectivity index (χ1n) is 20.7. The summed E-state index contributed by atoms with van der Waals surface area (Å²) in [4.78, 5) is 25.8. The van der Waals surface area contributed by atoms with Crippen molar-refractivity contribution in [2.24, 2.45) is 0 Å². The second-order valence-electron chi connectivity index (χ2n) is 13.5. The second kappa shape index (κ2) is 39.7. The number of carbonyl (C=O) groups excluding carboxylic acids is 2. The lowest BCUT2D eigenvalue weighted by Crippen LogP contribution is -2.46. The summed E-state index contributed by atoms with van der Waals surface area (Å²) in [5, 5.41) is 23.5. The molecule has 0 aromatic heterocycles. The maximum Gasteiger partial charge on any atom is 0.306 e. The molecule has 0 aliphatic carbocycles. The number of esters is 1. The average Bonchev–Trinajstić information content (AvgIpc) is 3.15. The van der Waals surface area contributed by atoms with Crippen molar-refractivity contribution in [3.05, 3.63) is 109 Å². The monoisotopic (exact) mass is 734 g/mol. The van der Waals surface area contributed by atoms with Gasteiger partial charge in [-0.25, -0.2) is 0 Å². The highest BCUT2D eigenvalue weighted by atomic mass is 16.5. The summed E-state index contributed by atoms with van der Waals surface area (Å²) in [5.74, 6) is -0.672. The van der Waals surface area contributed by atoms with E-state index in [1.807, 2.05) is 91.1 Å². The van der Waals surface area contributed by atoms with Gasteiger partial charge in [0.15, 0.2) is 0 Å². The summed E-state index contributed by atoms with van der Waals surface area (Å²) >= 11 is 0. The summed E-state index contributed by atoms with van der Waals surface area (Å²) in [7, 11) is 0. The number of ether oxygens (including phenoxy) is 1. The fraction of sp³-hybridized carbons (Fsp3) is 0.574. The Bertz CT molecular complexity index is 1140. The fourth-order valence-corrected chi connectivity index (χ4v) is 5.46. The van der Waals surface area contributed by atoms with Gasteiger partial charge in [-0.15, -0.1) is 0 Å². The Morgan fingerprint density at radius 2 is 1.06 bits per heavy atom. The van der Waals surface area contributed by atoms with Gasteiger partial charge in [0.1, 0.15) is 6.10 Å². The number of aliphatic hydroxyl groups excluding tert-OH is 2. The Labute approximate surface area is 324 Å². The molecule has 53 heavy (non-hydrogen) atoms. The Morgan fingerprint density at radius 3 is 1.58 bits per heavy atom. The van der Waals surface area contributed by atoms with E-state index < -0.39 is 18.2 Å². The number of aliphatic hydroxyl groups is 2. The Kier molecular flexibility index (Phi) is 37.1. The number of nitrogens with one attached hydrogen (secondary N) is 1. The van der Waals surface area contributed by atoms with Gasteiger partial charge < -0.3 is 20.3 Å². The zero-order valence-corrected chi connectivity index (χ0v) is 33.6. The molecular formula is C47H75NO5. The largest absolute Gasteiger partial charge is 0.461 e. The van der Waals surface area contributed by atoms with Crippen LogP contribution in [0.5, 0.6) is 0 Å². The van der Waals surface area contributed by atoms with E-state index in [1.165, 1.54) is 44.9 Å². The van der Waals surface area contributed by atoms with Crippen LogP contribution in [0.2, 0.25) is 0 Å². The first-order chi connectivity index (χ1) is 26.0. The third-order valence-electron chi connectivity index (χ3n) is 8.57. The molecule has 0 heterocycles. The van der Waals surface area contributed by atoms with Crippen molar-refractivity contribution in [3.63, 3.8) is 0 Å². The van der Waals surface area contributed by atoms with Crippen LogP contribution >= 0.6 is 0 Å². The summed E-state index contributed by atoms with van der Waals surface area (Å²) in [6.07, 6.45) is 53.1. The number of amides is 1. The highest BCUT2D eigenvalue weighted by molar-refractivity contribution is 5.77. The van der Waals surface area contributed by atoms with E-state index in [1.54, 1.807) is 0 Å². The van der Waals surface area contributed by atoms with E-state index in [2.05, 4.69) is 44.3 Å². The summed E-state index contributed by atoms with van der Waals surface area (Å²) in [6, 6.07) is -0.752. The SMILES string of the molecule is CC/C=C/C=C/C=C\C=C/C=C/CC(CC(=O)NC(CO)C(O)CCCCCCCCCCCC)OC(=O)CCCCC\C=C/C=C\C=C\C=C\CC. The molecule has 0 aromatic carbocycles. The third kappa shape index (κ3) is 35.3. The Hall–Kier alpha value is -3.48. The lowest BCUT2D eigenvalue weighted by molar-refractivity contribution is -0.150. The molecular weight excluding hydrogens is 659 g/mol. The van der Waals surface area contributed by atoms with Crippen LogP contribution in [0.15, 0.2) is 109 Å². The molecule has 0 aliphatic rings. The van der Waals surface area contributed by atoms with E-state index in [4.69, 9.17) is 4.74 Å². The average molecular weight is 734 g/mol. The number of carbonyl (C=O) groups is 2. The van der Waals surface area contributed by atoms with Crippen molar-refractivity contribution in [3.8, 4) is 0 Å². The first-order valence-corrected chi connectivity index (χ1v) is 20.7. The van der Waals surface area contributed by atoms with Gasteiger partial charge >= 0.3 is 5.97 Å². The van der Waals surface area contributed by atoms with Gasteiger partial charge in [0.05, 0.1) is 25.2 Å². The maximum absolute atomic E-state index is 13.0. The van der Waals surface area contributed by atoms with Crippen LogP contribution in [0.4, 0.5) is 0 Å². The van der Waals surface area contributed by atoms with Crippen molar-refractivity contribution in [2.45, 2.75) is 167 Å².